The molecule has 16 heavy (non-hydrogen) atoms. The molecule has 1 aromatic rings. The van der Waals surface area contributed by atoms with Gasteiger partial charge in [-0.3, -0.25) is 0 Å². The molecule has 0 aliphatic heterocycles. The van der Waals surface area contributed by atoms with Crippen molar-refractivity contribution in [2.24, 2.45) is 0 Å². The second-order valence-electron chi connectivity index (χ2n) is 4.27. The predicted molar refractivity (Wildman–Crippen MR) is 72.7 cm³/mol. The molecule has 0 amide bonds. The largest absolute Gasteiger partial charge is 0.0877 e. The molecule has 0 atom stereocenters. The monoisotopic (exact) mass is 214 g/mol. The van der Waals surface area contributed by atoms with Crippen LogP contribution in [0.4, 0.5) is 0 Å². The highest BCUT2D eigenvalue weighted by Gasteiger charge is 1.98. The van der Waals surface area contributed by atoms with Crippen LogP contribution in [-0.2, 0) is 6.42 Å². The van der Waals surface area contributed by atoms with Crippen LogP contribution in [0.5, 0.6) is 0 Å². The third kappa shape index (κ3) is 4.48. The number of benzene rings is 1. The molecule has 0 aliphatic carbocycles. The van der Waals surface area contributed by atoms with E-state index in [2.05, 4.69) is 63.3 Å². The van der Waals surface area contributed by atoms with Crippen molar-refractivity contribution >= 4 is 0 Å². The van der Waals surface area contributed by atoms with Crippen molar-refractivity contribution in [1.82, 2.24) is 0 Å². The number of hydrogen-bond acceptors (Lipinski definition) is 0. The molecule has 1 rings (SSSR count). The summed E-state index contributed by atoms with van der Waals surface area (Å²) in [6, 6.07) is 8.79. The first kappa shape index (κ1) is 12.8. The van der Waals surface area contributed by atoms with Crippen LogP contribution in [0.1, 0.15) is 37.8 Å². The first-order valence-corrected chi connectivity index (χ1v) is 6.12. The summed E-state index contributed by atoms with van der Waals surface area (Å²) in [7, 11) is 0. The zero-order valence-electron chi connectivity index (χ0n) is 10.7. The molecule has 0 saturated heterocycles. The van der Waals surface area contributed by atoms with Gasteiger partial charge >= 0.3 is 0 Å². The van der Waals surface area contributed by atoms with Gasteiger partial charge in [-0.1, -0.05) is 67.0 Å². The smallest absolute Gasteiger partial charge is 0.00639 e. The van der Waals surface area contributed by atoms with E-state index < -0.39 is 0 Å². The third-order valence-electron chi connectivity index (χ3n) is 2.61. The van der Waals surface area contributed by atoms with E-state index in [0.717, 1.165) is 6.42 Å². The lowest BCUT2D eigenvalue weighted by Gasteiger charge is -2.06. The van der Waals surface area contributed by atoms with Gasteiger partial charge < -0.3 is 0 Å². The molecule has 0 unspecified atom stereocenters. The van der Waals surface area contributed by atoms with Gasteiger partial charge in [0.1, 0.15) is 0 Å². The Morgan fingerprint density at radius 3 is 2.75 bits per heavy atom. The molecule has 0 spiro atoms. The van der Waals surface area contributed by atoms with Gasteiger partial charge in [-0.15, -0.1) is 0 Å². The Kier molecular flexibility index (Phi) is 5.63. The molecule has 0 aliphatic rings. The van der Waals surface area contributed by atoms with E-state index >= 15 is 0 Å². The van der Waals surface area contributed by atoms with Crippen molar-refractivity contribution in [2.75, 3.05) is 0 Å². The molecular weight excluding hydrogens is 192 g/mol. The first-order valence-electron chi connectivity index (χ1n) is 6.12. The van der Waals surface area contributed by atoms with Crippen molar-refractivity contribution in [3.05, 3.63) is 59.2 Å². The minimum Gasteiger partial charge on any atom is -0.0877 e. The average Bonchev–Trinajstić information content (AvgIpc) is 2.26. The van der Waals surface area contributed by atoms with Gasteiger partial charge in [0.15, 0.2) is 0 Å². The number of rotatable bonds is 5. The fraction of sp³-hybridized carbons (Fsp3) is 0.375. The molecule has 1 aromatic carbocycles. The van der Waals surface area contributed by atoms with Gasteiger partial charge in [-0.05, 0) is 32.3 Å². The SMILES string of the molecule is C/C=C\C=C(/CCC)Cc1cccc(C)c1. The maximum atomic E-state index is 2.28. The van der Waals surface area contributed by atoms with Crippen LogP contribution in [0.3, 0.4) is 0 Å². The van der Waals surface area contributed by atoms with Crippen LogP contribution in [0.15, 0.2) is 48.1 Å². The van der Waals surface area contributed by atoms with Crippen molar-refractivity contribution in [3.8, 4) is 0 Å². The van der Waals surface area contributed by atoms with E-state index in [-0.39, 0.29) is 0 Å². The summed E-state index contributed by atoms with van der Waals surface area (Å²) in [6.45, 7) is 6.45. The molecule has 0 nitrogen and oxygen atoms in total. The molecule has 0 saturated carbocycles. The van der Waals surface area contributed by atoms with Gasteiger partial charge in [-0.2, -0.15) is 0 Å². The molecule has 0 aromatic heterocycles. The molecule has 0 radical (unpaired) electrons. The number of aryl methyl sites for hydroxylation is 1. The Morgan fingerprint density at radius 2 is 2.12 bits per heavy atom. The van der Waals surface area contributed by atoms with Gasteiger partial charge in [0, 0.05) is 0 Å². The second-order valence-corrected chi connectivity index (χ2v) is 4.27. The molecule has 86 valence electrons. The minimum absolute atomic E-state index is 1.08. The van der Waals surface area contributed by atoms with E-state index in [1.165, 1.54) is 29.5 Å². The predicted octanol–water partition coefficient (Wildman–Crippen LogP) is 4.84. The van der Waals surface area contributed by atoms with Crippen LogP contribution in [-0.4, -0.2) is 0 Å². The second kappa shape index (κ2) is 7.05. The molecule has 0 heteroatoms. The van der Waals surface area contributed by atoms with Crippen LogP contribution < -0.4 is 0 Å². The molecule has 0 bridgehead atoms. The van der Waals surface area contributed by atoms with E-state index in [1.54, 1.807) is 0 Å². The van der Waals surface area contributed by atoms with Crippen molar-refractivity contribution < 1.29 is 0 Å². The molecule has 0 heterocycles. The Morgan fingerprint density at radius 1 is 1.31 bits per heavy atom. The molecular formula is C16H22. The Bertz CT molecular complexity index is 369. The first-order chi connectivity index (χ1) is 7.76. The molecule has 0 N–H and O–H groups in total. The van der Waals surface area contributed by atoms with Gasteiger partial charge in [0.2, 0.25) is 0 Å². The van der Waals surface area contributed by atoms with Gasteiger partial charge in [0.25, 0.3) is 0 Å². The third-order valence-corrected chi connectivity index (χ3v) is 2.61. The average molecular weight is 214 g/mol. The van der Waals surface area contributed by atoms with E-state index in [9.17, 15) is 0 Å². The van der Waals surface area contributed by atoms with Crippen molar-refractivity contribution in [3.63, 3.8) is 0 Å². The zero-order chi connectivity index (χ0) is 11.8. The minimum atomic E-state index is 1.08. The Labute approximate surface area is 99.7 Å². The fourth-order valence-electron chi connectivity index (χ4n) is 1.87. The Hall–Kier alpha value is -1.30. The summed E-state index contributed by atoms with van der Waals surface area (Å²) in [4.78, 5) is 0. The molecule has 0 fully saturated rings. The maximum absolute atomic E-state index is 2.28. The normalized spacial score (nSPS) is 12.3. The highest BCUT2D eigenvalue weighted by molar-refractivity contribution is 5.27. The summed E-state index contributed by atoms with van der Waals surface area (Å²) in [5.41, 5.74) is 4.29. The van der Waals surface area contributed by atoms with Crippen molar-refractivity contribution in [2.45, 2.75) is 40.0 Å². The van der Waals surface area contributed by atoms with Crippen LogP contribution in [0.25, 0.3) is 0 Å². The topological polar surface area (TPSA) is 0 Å². The van der Waals surface area contributed by atoms with Gasteiger partial charge in [0.05, 0.1) is 0 Å². The van der Waals surface area contributed by atoms with Crippen LogP contribution in [0.2, 0.25) is 0 Å². The quantitative estimate of drug-likeness (QED) is 0.615. The van der Waals surface area contributed by atoms with E-state index in [0.29, 0.717) is 0 Å². The lowest BCUT2D eigenvalue weighted by Crippen LogP contribution is -1.91. The van der Waals surface area contributed by atoms with Crippen molar-refractivity contribution in [1.29, 1.82) is 0 Å². The fourth-order valence-corrected chi connectivity index (χ4v) is 1.87. The summed E-state index contributed by atoms with van der Waals surface area (Å²) in [6.07, 6.45) is 9.98. The standard InChI is InChI=1S/C16H22/c1-4-6-10-15(8-5-2)13-16-11-7-9-14(3)12-16/h4,6-7,9-12H,5,8,13H2,1-3H3/b6-4-,15-10+. The summed E-state index contributed by atoms with van der Waals surface area (Å²) >= 11 is 0. The number of hydrogen-bond donors (Lipinski definition) is 0. The summed E-state index contributed by atoms with van der Waals surface area (Å²) in [5, 5.41) is 0. The highest BCUT2D eigenvalue weighted by atomic mass is 14.0. The summed E-state index contributed by atoms with van der Waals surface area (Å²) in [5.74, 6) is 0. The Balaban J connectivity index is 2.75. The lowest BCUT2D eigenvalue weighted by molar-refractivity contribution is 0.870. The lowest BCUT2D eigenvalue weighted by atomic mass is 9.99. The zero-order valence-corrected chi connectivity index (χ0v) is 10.7. The summed E-state index contributed by atoms with van der Waals surface area (Å²) < 4.78 is 0. The van der Waals surface area contributed by atoms with Gasteiger partial charge in [-0.25, -0.2) is 0 Å². The number of allylic oxidation sites excluding steroid dienone is 4. The van der Waals surface area contributed by atoms with Crippen LogP contribution in [0, 0.1) is 6.92 Å². The highest BCUT2D eigenvalue weighted by Crippen LogP contribution is 2.14. The van der Waals surface area contributed by atoms with E-state index in [1.807, 2.05) is 0 Å². The van der Waals surface area contributed by atoms with E-state index in [4.69, 9.17) is 0 Å². The van der Waals surface area contributed by atoms with Crippen LogP contribution >= 0.6 is 0 Å². The maximum Gasteiger partial charge on any atom is -0.00639 e.